The van der Waals surface area contributed by atoms with E-state index in [0.717, 1.165) is 31.6 Å². The van der Waals surface area contributed by atoms with E-state index in [1.54, 1.807) is 19.1 Å². The van der Waals surface area contributed by atoms with Gasteiger partial charge in [0, 0.05) is 19.0 Å². The molecule has 0 bridgehead atoms. The van der Waals surface area contributed by atoms with Gasteiger partial charge in [-0.1, -0.05) is 12.1 Å². The molecule has 1 aromatic carbocycles. The maximum atomic E-state index is 12.7. The molecule has 0 aromatic heterocycles. The van der Waals surface area contributed by atoms with Crippen LogP contribution >= 0.6 is 0 Å². The summed E-state index contributed by atoms with van der Waals surface area (Å²) in [6, 6.07) is 6.56. The molecule has 0 saturated carbocycles. The molecule has 1 fully saturated rings. The van der Waals surface area contributed by atoms with Crippen molar-refractivity contribution in [3.63, 3.8) is 0 Å². The lowest BCUT2D eigenvalue weighted by Crippen LogP contribution is -2.22. The number of halogens is 1. The zero-order chi connectivity index (χ0) is 11.5. The highest BCUT2D eigenvalue weighted by Crippen LogP contribution is 2.19. The van der Waals surface area contributed by atoms with Gasteiger partial charge >= 0.3 is 0 Å². The number of Topliss-reactive ketones (excluding diaryl/α,β-unsaturated/α-hetero) is 1. The molecule has 2 nitrogen and oxygen atoms in total. The average Bonchev–Trinajstić information content (AvgIpc) is 2.70. The Morgan fingerprint density at radius 3 is 2.69 bits per heavy atom. The number of nitrogens with zero attached hydrogens (tertiary/aromatic N) is 1. The lowest BCUT2D eigenvalue weighted by atomic mass is 10.1. The second-order valence-corrected chi connectivity index (χ2v) is 4.46. The molecule has 1 unspecified atom stereocenters. The Bertz CT molecular complexity index is 374. The summed E-state index contributed by atoms with van der Waals surface area (Å²) in [5.74, 6) is 0.272. The van der Waals surface area contributed by atoms with Gasteiger partial charge in [0.25, 0.3) is 0 Å². The molecular weight excluding hydrogens is 205 g/mol. The Hall–Kier alpha value is -1.22. The van der Waals surface area contributed by atoms with E-state index in [-0.39, 0.29) is 17.5 Å². The van der Waals surface area contributed by atoms with E-state index < -0.39 is 0 Å². The third-order valence-corrected chi connectivity index (χ3v) is 3.17. The van der Waals surface area contributed by atoms with Crippen LogP contribution < -0.4 is 0 Å². The Morgan fingerprint density at radius 2 is 2.12 bits per heavy atom. The quantitative estimate of drug-likeness (QED) is 0.780. The molecule has 16 heavy (non-hydrogen) atoms. The number of hydrogen-bond acceptors (Lipinski definition) is 2. The van der Waals surface area contributed by atoms with Crippen LogP contribution in [0.4, 0.5) is 4.39 Å². The Balaban J connectivity index is 1.92. The second kappa shape index (κ2) is 4.74. The van der Waals surface area contributed by atoms with Gasteiger partial charge in [-0.15, -0.1) is 0 Å². The van der Waals surface area contributed by atoms with Gasteiger partial charge in [0.2, 0.25) is 0 Å². The van der Waals surface area contributed by atoms with Crippen LogP contribution in [0.2, 0.25) is 0 Å². The third-order valence-electron chi connectivity index (χ3n) is 3.17. The molecule has 3 heteroatoms. The number of benzene rings is 1. The molecule has 0 amide bonds. The van der Waals surface area contributed by atoms with Crippen molar-refractivity contribution < 1.29 is 9.18 Å². The van der Waals surface area contributed by atoms with E-state index in [2.05, 4.69) is 4.90 Å². The van der Waals surface area contributed by atoms with Crippen molar-refractivity contribution in [1.29, 1.82) is 0 Å². The van der Waals surface area contributed by atoms with E-state index in [9.17, 15) is 9.18 Å². The Labute approximate surface area is 95.1 Å². The molecule has 1 atom stereocenters. The topological polar surface area (TPSA) is 20.3 Å². The highest BCUT2D eigenvalue weighted by Gasteiger charge is 2.25. The van der Waals surface area contributed by atoms with Crippen LogP contribution in [0.1, 0.15) is 18.9 Å². The summed E-state index contributed by atoms with van der Waals surface area (Å²) >= 11 is 0. The summed E-state index contributed by atoms with van der Waals surface area (Å²) in [7, 11) is 0. The third kappa shape index (κ3) is 2.67. The largest absolute Gasteiger partial charge is 0.300 e. The molecule has 1 aromatic rings. The molecule has 86 valence electrons. The van der Waals surface area contributed by atoms with Gasteiger partial charge in [-0.25, -0.2) is 4.39 Å². The minimum absolute atomic E-state index is 0.195. The molecule has 0 radical (unpaired) electrons. The van der Waals surface area contributed by atoms with Crippen molar-refractivity contribution in [3.05, 3.63) is 35.6 Å². The van der Waals surface area contributed by atoms with Crippen molar-refractivity contribution in [1.82, 2.24) is 4.90 Å². The van der Waals surface area contributed by atoms with E-state index in [0.29, 0.717) is 0 Å². The van der Waals surface area contributed by atoms with Gasteiger partial charge in [0.05, 0.1) is 0 Å². The van der Waals surface area contributed by atoms with Crippen LogP contribution in [-0.2, 0) is 11.3 Å². The summed E-state index contributed by atoms with van der Waals surface area (Å²) in [4.78, 5) is 13.5. The number of ketones is 1. The first-order chi connectivity index (χ1) is 7.65. The van der Waals surface area contributed by atoms with Gasteiger partial charge in [-0.2, -0.15) is 0 Å². The fraction of sp³-hybridized carbons (Fsp3) is 0.462. The van der Waals surface area contributed by atoms with E-state index in [4.69, 9.17) is 0 Å². The van der Waals surface area contributed by atoms with E-state index in [1.165, 1.54) is 12.1 Å². The van der Waals surface area contributed by atoms with E-state index >= 15 is 0 Å². The van der Waals surface area contributed by atoms with Crippen molar-refractivity contribution in [2.24, 2.45) is 5.92 Å². The molecule has 0 N–H and O–H groups in total. The molecule has 1 aliphatic heterocycles. The predicted molar refractivity (Wildman–Crippen MR) is 60.5 cm³/mol. The molecule has 2 rings (SSSR count). The summed E-state index contributed by atoms with van der Waals surface area (Å²) in [5, 5.41) is 0. The average molecular weight is 221 g/mol. The highest BCUT2D eigenvalue weighted by atomic mass is 19.1. The highest BCUT2D eigenvalue weighted by molar-refractivity contribution is 5.78. The van der Waals surface area contributed by atoms with Crippen molar-refractivity contribution in [3.8, 4) is 0 Å². The summed E-state index contributed by atoms with van der Waals surface area (Å²) in [6.45, 7) is 4.27. The lowest BCUT2D eigenvalue weighted by molar-refractivity contribution is -0.120. The van der Waals surface area contributed by atoms with Crippen LogP contribution in [0.3, 0.4) is 0 Å². The molecule has 1 saturated heterocycles. The normalized spacial score (nSPS) is 21.2. The number of carbonyl (C=O) groups is 1. The Morgan fingerprint density at radius 1 is 1.44 bits per heavy atom. The maximum absolute atomic E-state index is 12.7. The molecule has 1 heterocycles. The molecule has 0 aliphatic carbocycles. The first-order valence-corrected chi connectivity index (χ1v) is 5.62. The van der Waals surface area contributed by atoms with Gasteiger partial charge in [-0.05, 0) is 37.6 Å². The molecule has 0 spiro atoms. The van der Waals surface area contributed by atoms with Crippen LogP contribution in [0.5, 0.6) is 0 Å². The lowest BCUT2D eigenvalue weighted by Gasteiger charge is -2.15. The summed E-state index contributed by atoms with van der Waals surface area (Å²) in [5.41, 5.74) is 1.10. The predicted octanol–water partition coefficient (Wildman–Crippen LogP) is 2.24. The van der Waals surface area contributed by atoms with Crippen LogP contribution in [0.15, 0.2) is 24.3 Å². The summed E-state index contributed by atoms with van der Waals surface area (Å²) in [6.07, 6.45) is 0.955. The fourth-order valence-corrected chi connectivity index (χ4v) is 2.16. The van der Waals surface area contributed by atoms with Crippen molar-refractivity contribution in [2.45, 2.75) is 19.9 Å². The van der Waals surface area contributed by atoms with Gasteiger partial charge in [0.15, 0.2) is 0 Å². The minimum Gasteiger partial charge on any atom is -0.300 e. The fourth-order valence-electron chi connectivity index (χ4n) is 2.16. The first kappa shape index (κ1) is 11.3. The van der Waals surface area contributed by atoms with Gasteiger partial charge < -0.3 is 0 Å². The first-order valence-electron chi connectivity index (χ1n) is 5.62. The second-order valence-electron chi connectivity index (χ2n) is 4.46. The van der Waals surface area contributed by atoms with Crippen LogP contribution in [0.25, 0.3) is 0 Å². The number of rotatable bonds is 3. The summed E-state index contributed by atoms with van der Waals surface area (Å²) < 4.78 is 12.7. The van der Waals surface area contributed by atoms with E-state index in [1.807, 2.05) is 0 Å². The monoisotopic (exact) mass is 221 g/mol. The smallest absolute Gasteiger partial charge is 0.134 e. The Kier molecular flexibility index (Phi) is 3.34. The maximum Gasteiger partial charge on any atom is 0.134 e. The van der Waals surface area contributed by atoms with Crippen LogP contribution in [0, 0.1) is 11.7 Å². The van der Waals surface area contributed by atoms with Crippen molar-refractivity contribution in [2.75, 3.05) is 13.1 Å². The van der Waals surface area contributed by atoms with Gasteiger partial charge in [-0.3, -0.25) is 9.69 Å². The number of likely N-dealkylation sites (tertiary alicyclic amines) is 1. The van der Waals surface area contributed by atoms with Crippen molar-refractivity contribution >= 4 is 5.78 Å². The zero-order valence-corrected chi connectivity index (χ0v) is 9.45. The molecule has 1 aliphatic rings. The standard InChI is InChI=1S/C13H16FNO/c1-10(16)12-6-7-15(9-12)8-11-2-4-13(14)5-3-11/h2-5,12H,6-9H2,1H3. The minimum atomic E-state index is -0.202. The van der Waals surface area contributed by atoms with Gasteiger partial charge in [0.1, 0.15) is 11.6 Å². The number of carbonyl (C=O) groups excluding carboxylic acids is 1. The zero-order valence-electron chi connectivity index (χ0n) is 9.45. The number of hydrogen-bond donors (Lipinski definition) is 0. The SMILES string of the molecule is CC(=O)C1CCN(Cc2ccc(F)cc2)C1. The van der Waals surface area contributed by atoms with Crippen LogP contribution in [-0.4, -0.2) is 23.8 Å². The molecular formula is C13H16FNO.